The Labute approximate surface area is 104 Å². The lowest BCUT2D eigenvalue weighted by Crippen LogP contribution is -2.12. The second kappa shape index (κ2) is 6.31. The van der Waals surface area contributed by atoms with Crippen LogP contribution in [-0.4, -0.2) is 37.5 Å². The Bertz CT molecular complexity index is 443. The first kappa shape index (κ1) is 12.0. The van der Waals surface area contributed by atoms with Gasteiger partial charge >= 0.3 is 0 Å². The number of thioether (sulfide) groups is 1. The van der Waals surface area contributed by atoms with E-state index >= 15 is 0 Å². The van der Waals surface area contributed by atoms with Gasteiger partial charge in [0.2, 0.25) is 5.16 Å². The van der Waals surface area contributed by atoms with Gasteiger partial charge in [-0.15, -0.1) is 5.10 Å². The number of hydrogen-bond donors (Lipinski definition) is 1. The third-order valence-corrected chi connectivity index (χ3v) is 3.17. The molecule has 2 aromatic heterocycles. The number of tetrazole rings is 1. The monoisotopic (exact) mass is 250 g/mol. The van der Waals surface area contributed by atoms with Crippen molar-refractivity contribution >= 4 is 11.8 Å². The number of hydrogen-bond acceptors (Lipinski definition) is 6. The average molecular weight is 250 g/mol. The maximum atomic E-state index is 5.48. The molecule has 0 fully saturated rings. The molecule has 0 saturated carbocycles. The first-order valence-electron chi connectivity index (χ1n) is 5.38. The number of aryl methyl sites for hydroxylation is 1. The molecule has 0 aliphatic rings. The van der Waals surface area contributed by atoms with Crippen LogP contribution in [0.15, 0.2) is 29.7 Å². The predicted octanol–water partition coefficient (Wildman–Crippen LogP) is 0.362. The second-order valence-corrected chi connectivity index (χ2v) is 4.49. The van der Waals surface area contributed by atoms with Crippen LogP contribution in [0.1, 0.15) is 5.56 Å². The lowest BCUT2D eigenvalue weighted by atomic mass is 10.2. The van der Waals surface area contributed by atoms with E-state index in [4.69, 9.17) is 5.73 Å². The molecule has 0 amide bonds. The molecule has 7 heteroatoms. The van der Waals surface area contributed by atoms with Gasteiger partial charge in [0.1, 0.15) is 0 Å². The zero-order valence-corrected chi connectivity index (χ0v) is 10.2. The van der Waals surface area contributed by atoms with Crippen LogP contribution in [0.2, 0.25) is 0 Å². The smallest absolute Gasteiger partial charge is 0.209 e. The Balaban J connectivity index is 1.84. The Hall–Kier alpha value is -1.47. The SMILES string of the molecule is NCCn1nnnc1SCCc1ccncc1. The van der Waals surface area contributed by atoms with Crippen molar-refractivity contribution in [2.45, 2.75) is 18.1 Å². The highest BCUT2D eigenvalue weighted by atomic mass is 32.2. The molecule has 0 radical (unpaired) electrons. The molecule has 2 heterocycles. The van der Waals surface area contributed by atoms with Crippen molar-refractivity contribution in [1.82, 2.24) is 25.2 Å². The summed E-state index contributed by atoms with van der Waals surface area (Å²) in [6.45, 7) is 1.20. The maximum Gasteiger partial charge on any atom is 0.209 e. The fourth-order valence-corrected chi connectivity index (χ4v) is 2.26. The molecule has 17 heavy (non-hydrogen) atoms. The minimum absolute atomic E-state index is 0.545. The van der Waals surface area contributed by atoms with Gasteiger partial charge in [-0.05, 0) is 34.5 Å². The van der Waals surface area contributed by atoms with Gasteiger partial charge in [0.15, 0.2) is 0 Å². The van der Waals surface area contributed by atoms with Crippen molar-refractivity contribution in [3.63, 3.8) is 0 Å². The van der Waals surface area contributed by atoms with Crippen LogP contribution < -0.4 is 5.73 Å². The van der Waals surface area contributed by atoms with E-state index in [1.54, 1.807) is 28.8 Å². The van der Waals surface area contributed by atoms with Crippen molar-refractivity contribution in [2.24, 2.45) is 5.73 Å². The summed E-state index contributed by atoms with van der Waals surface area (Å²) in [7, 11) is 0. The molecular weight excluding hydrogens is 236 g/mol. The van der Waals surface area contributed by atoms with Gasteiger partial charge in [0.25, 0.3) is 0 Å². The number of rotatable bonds is 6. The highest BCUT2D eigenvalue weighted by molar-refractivity contribution is 7.99. The van der Waals surface area contributed by atoms with Gasteiger partial charge < -0.3 is 5.73 Å². The van der Waals surface area contributed by atoms with Crippen molar-refractivity contribution in [3.05, 3.63) is 30.1 Å². The fourth-order valence-electron chi connectivity index (χ4n) is 1.37. The molecule has 2 N–H and O–H groups in total. The van der Waals surface area contributed by atoms with Crippen LogP contribution in [-0.2, 0) is 13.0 Å². The number of aromatic nitrogens is 5. The van der Waals surface area contributed by atoms with E-state index in [2.05, 4.69) is 20.5 Å². The van der Waals surface area contributed by atoms with Gasteiger partial charge in [-0.1, -0.05) is 11.8 Å². The van der Waals surface area contributed by atoms with Crippen molar-refractivity contribution in [2.75, 3.05) is 12.3 Å². The summed E-state index contributed by atoms with van der Waals surface area (Å²) in [6.07, 6.45) is 4.58. The largest absolute Gasteiger partial charge is 0.329 e. The van der Waals surface area contributed by atoms with Gasteiger partial charge in [0.05, 0.1) is 6.54 Å². The van der Waals surface area contributed by atoms with E-state index in [9.17, 15) is 0 Å². The van der Waals surface area contributed by atoms with Crippen LogP contribution in [0.4, 0.5) is 0 Å². The third kappa shape index (κ3) is 3.50. The molecule has 0 aliphatic carbocycles. The first-order valence-corrected chi connectivity index (χ1v) is 6.36. The zero-order chi connectivity index (χ0) is 11.9. The molecule has 2 rings (SSSR count). The minimum atomic E-state index is 0.545. The van der Waals surface area contributed by atoms with Gasteiger partial charge in [-0.25, -0.2) is 4.68 Å². The predicted molar refractivity (Wildman–Crippen MR) is 65.5 cm³/mol. The lowest BCUT2D eigenvalue weighted by molar-refractivity contribution is 0.557. The first-order chi connectivity index (χ1) is 8.40. The Morgan fingerprint density at radius 1 is 1.29 bits per heavy atom. The normalized spacial score (nSPS) is 10.6. The van der Waals surface area contributed by atoms with Crippen LogP contribution >= 0.6 is 11.8 Å². The zero-order valence-electron chi connectivity index (χ0n) is 9.36. The maximum absolute atomic E-state index is 5.48. The highest BCUT2D eigenvalue weighted by Gasteiger charge is 2.05. The van der Waals surface area contributed by atoms with Crippen molar-refractivity contribution in [3.8, 4) is 0 Å². The highest BCUT2D eigenvalue weighted by Crippen LogP contribution is 2.15. The average Bonchev–Trinajstić information content (AvgIpc) is 2.79. The Kier molecular flexibility index (Phi) is 4.45. The van der Waals surface area contributed by atoms with Crippen LogP contribution in [0, 0.1) is 0 Å². The molecule has 0 aliphatic heterocycles. The van der Waals surface area contributed by atoms with E-state index in [1.807, 2.05) is 12.1 Å². The molecule has 0 atom stereocenters. The third-order valence-electron chi connectivity index (χ3n) is 2.21. The molecule has 6 nitrogen and oxygen atoms in total. The van der Waals surface area contributed by atoms with Crippen LogP contribution in [0.5, 0.6) is 0 Å². The van der Waals surface area contributed by atoms with Gasteiger partial charge in [-0.3, -0.25) is 4.98 Å². The standard InChI is InChI=1S/C10H14N6S/c11-4-7-16-10(13-14-15-16)17-8-3-9-1-5-12-6-2-9/h1-2,5-6H,3-4,7-8,11H2. The summed E-state index contributed by atoms with van der Waals surface area (Å²) in [5.74, 6) is 0.939. The summed E-state index contributed by atoms with van der Waals surface area (Å²) in [4.78, 5) is 3.98. The molecule has 2 aromatic rings. The molecule has 0 spiro atoms. The molecule has 90 valence electrons. The van der Waals surface area contributed by atoms with E-state index in [1.165, 1.54) is 5.56 Å². The second-order valence-electron chi connectivity index (χ2n) is 3.43. The van der Waals surface area contributed by atoms with Crippen molar-refractivity contribution in [1.29, 1.82) is 0 Å². The molecule has 0 aromatic carbocycles. The Morgan fingerprint density at radius 3 is 2.88 bits per heavy atom. The summed E-state index contributed by atoms with van der Waals surface area (Å²) >= 11 is 1.64. The summed E-state index contributed by atoms with van der Waals surface area (Å²) < 4.78 is 1.73. The van der Waals surface area contributed by atoms with E-state index in [0.717, 1.165) is 17.3 Å². The Morgan fingerprint density at radius 2 is 2.12 bits per heavy atom. The summed E-state index contributed by atoms with van der Waals surface area (Å²) in [5, 5.41) is 12.3. The minimum Gasteiger partial charge on any atom is -0.329 e. The summed E-state index contributed by atoms with van der Waals surface area (Å²) in [6, 6.07) is 4.03. The molecular formula is C10H14N6S. The topological polar surface area (TPSA) is 82.5 Å². The fraction of sp³-hybridized carbons (Fsp3) is 0.400. The van der Waals surface area contributed by atoms with Crippen LogP contribution in [0.3, 0.4) is 0 Å². The van der Waals surface area contributed by atoms with E-state index < -0.39 is 0 Å². The van der Waals surface area contributed by atoms with Gasteiger partial charge in [0, 0.05) is 24.7 Å². The van der Waals surface area contributed by atoms with Crippen LogP contribution in [0.25, 0.3) is 0 Å². The number of nitrogens with two attached hydrogens (primary N) is 1. The summed E-state index contributed by atoms with van der Waals surface area (Å²) in [5.41, 5.74) is 6.74. The molecule has 0 bridgehead atoms. The molecule has 0 unspecified atom stereocenters. The number of nitrogens with zero attached hydrogens (tertiary/aromatic N) is 5. The van der Waals surface area contributed by atoms with E-state index in [-0.39, 0.29) is 0 Å². The quantitative estimate of drug-likeness (QED) is 0.745. The molecule has 0 saturated heterocycles. The lowest BCUT2D eigenvalue weighted by Gasteiger charge is -2.02. The van der Waals surface area contributed by atoms with Gasteiger partial charge in [-0.2, -0.15) is 0 Å². The van der Waals surface area contributed by atoms with Crippen molar-refractivity contribution < 1.29 is 0 Å². The number of pyridine rings is 1. The van der Waals surface area contributed by atoms with E-state index in [0.29, 0.717) is 13.1 Å².